The molecule has 4 aromatic rings. The molecule has 2 aromatic carbocycles. The molecule has 2 heterocycles. The minimum Gasteiger partial charge on any atom is -0.348 e. The van der Waals surface area contributed by atoms with Crippen LogP contribution in [0.1, 0.15) is 15.9 Å². The average Bonchev–Trinajstić information content (AvgIpc) is 2.67. The van der Waals surface area contributed by atoms with Crippen LogP contribution >= 0.6 is 0 Å². The Hall–Kier alpha value is -3.47. The summed E-state index contributed by atoms with van der Waals surface area (Å²) in [6, 6.07) is 20.2. The van der Waals surface area contributed by atoms with Crippen LogP contribution in [0.25, 0.3) is 16.6 Å². The minimum absolute atomic E-state index is 0.182. The Labute approximate surface area is 143 Å². The van der Waals surface area contributed by atoms with Gasteiger partial charge in [0.2, 0.25) is 0 Å². The van der Waals surface area contributed by atoms with Gasteiger partial charge in [-0.1, -0.05) is 42.5 Å². The van der Waals surface area contributed by atoms with Crippen molar-refractivity contribution in [3.63, 3.8) is 0 Å². The first-order valence-electron chi connectivity index (χ1n) is 7.96. The van der Waals surface area contributed by atoms with Crippen LogP contribution in [-0.2, 0) is 6.54 Å². The van der Waals surface area contributed by atoms with E-state index in [4.69, 9.17) is 0 Å². The fourth-order valence-corrected chi connectivity index (χ4v) is 2.82. The van der Waals surface area contributed by atoms with Crippen LogP contribution < -0.4 is 10.9 Å². The molecule has 25 heavy (non-hydrogen) atoms. The predicted molar refractivity (Wildman–Crippen MR) is 96.6 cm³/mol. The molecule has 0 saturated heterocycles. The van der Waals surface area contributed by atoms with Crippen molar-refractivity contribution in [1.29, 1.82) is 0 Å². The molecule has 0 aliphatic rings. The fourth-order valence-electron chi connectivity index (χ4n) is 2.82. The van der Waals surface area contributed by atoms with E-state index in [1.165, 1.54) is 4.40 Å². The number of nitrogens with zero attached hydrogens (tertiary/aromatic N) is 2. The average molecular weight is 329 g/mol. The molecule has 4 rings (SSSR count). The maximum absolute atomic E-state index is 12.6. The minimum atomic E-state index is -0.260. The quantitative estimate of drug-likeness (QED) is 0.588. The third-order valence-electron chi connectivity index (χ3n) is 4.09. The maximum Gasteiger partial charge on any atom is 0.265 e. The van der Waals surface area contributed by atoms with Crippen LogP contribution in [0.15, 0.2) is 77.7 Å². The highest BCUT2D eigenvalue weighted by molar-refractivity contribution is 6.00. The lowest BCUT2D eigenvalue weighted by atomic mass is 10.2. The van der Waals surface area contributed by atoms with E-state index in [0.29, 0.717) is 28.7 Å². The first-order chi connectivity index (χ1) is 12.2. The number of carbonyl (C=O) groups excluding carboxylic acids is 1. The molecule has 1 N–H and O–H groups in total. The van der Waals surface area contributed by atoms with Gasteiger partial charge >= 0.3 is 0 Å². The fraction of sp³-hybridized carbons (Fsp3) is 0.0500. The zero-order valence-electron chi connectivity index (χ0n) is 13.3. The van der Waals surface area contributed by atoms with Crippen LogP contribution in [0.2, 0.25) is 0 Å². The van der Waals surface area contributed by atoms with Crippen molar-refractivity contribution in [3.05, 3.63) is 94.4 Å². The zero-order valence-corrected chi connectivity index (χ0v) is 13.3. The first-order valence-corrected chi connectivity index (χ1v) is 7.96. The van der Waals surface area contributed by atoms with Gasteiger partial charge in [-0.25, -0.2) is 4.98 Å². The van der Waals surface area contributed by atoms with Gasteiger partial charge in [-0.3, -0.25) is 14.0 Å². The first kappa shape index (κ1) is 15.1. The van der Waals surface area contributed by atoms with Crippen molar-refractivity contribution >= 4 is 22.5 Å². The molecule has 0 saturated carbocycles. The van der Waals surface area contributed by atoms with E-state index >= 15 is 0 Å². The Morgan fingerprint density at radius 2 is 1.72 bits per heavy atom. The molecule has 0 unspecified atom stereocenters. The molecular weight excluding hydrogens is 314 g/mol. The Bertz CT molecular complexity index is 1130. The molecule has 0 atom stereocenters. The molecule has 0 bridgehead atoms. The smallest absolute Gasteiger partial charge is 0.265 e. The molecule has 122 valence electrons. The van der Waals surface area contributed by atoms with E-state index in [2.05, 4.69) is 10.3 Å². The van der Waals surface area contributed by atoms with Gasteiger partial charge in [-0.05, 0) is 29.8 Å². The predicted octanol–water partition coefficient (Wildman–Crippen LogP) is 2.78. The summed E-state index contributed by atoms with van der Waals surface area (Å²) < 4.78 is 1.42. The van der Waals surface area contributed by atoms with Crippen LogP contribution in [0, 0.1) is 0 Å². The topological polar surface area (TPSA) is 63.5 Å². The molecule has 1 amide bonds. The standard InChI is InChI=1S/C20H15N3O2/c24-19(21-13-14-7-2-1-3-8-14)16-10-6-12-23-18(16)22-17-11-5-4-9-15(17)20(23)25/h1-12H,13H2,(H,21,24). The number of hydrogen-bond acceptors (Lipinski definition) is 3. The van der Waals surface area contributed by atoms with Crippen molar-refractivity contribution < 1.29 is 4.79 Å². The van der Waals surface area contributed by atoms with Crippen molar-refractivity contribution in [3.8, 4) is 0 Å². The van der Waals surface area contributed by atoms with Gasteiger partial charge in [0, 0.05) is 12.7 Å². The summed E-state index contributed by atoms with van der Waals surface area (Å²) in [4.78, 5) is 29.8. The number of carbonyl (C=O) groups is 1. The number of nitrogens with one attached hydrogen (secondary N) is 1. The van der Waals surface area contributed by atoms with Crippen LogP contribution in [0.4, 0.5) is 0 Å². The monoisotopic (exact) mass is 329 g/mol. The highest BCUT2D eigenvalue weighted by Gasteiger charge is 2.13. The van der Waals surface area contributed by atoms with Crippen LogP contribution in [-0.4, -0.2) is 15.3 Å². The number of hydrogen-bond donors (Lipinski definition) is 1. The second-order valence-electron chi connectivity index (χ2n) is 5.72. The molecule has 0 radical (unpaired) electrons. The summed E-state index contributed by atoms with van der Waals surface area (Å²) in [7, 11) is 0. The van der Waals surface area contributed by atoms with E-state index in [0.717, 1.165) is 5.56 Å². The third-order valence-corrected chi connectivity index (χ3v) is 4.09. The third kappa shape index (κ3) is 2.76. The van der Waals surface area contributed by atoms with Crippen molar-refractivity contribution in [2.45, 2.75) is 6.54 Å². The van der Waals surface area contributed by atoms with Gasteiger partial charge in [0.05, 0.1) is 16.5 Å². The molecule has 2 aromatic heterocycles. The number of benzene rings is 2. The van der Waals surface area contributed by atoms with Gasteiger partial charge in [-0.15, -0.1) is 0 Å². The number of aromatic nitrogens is 2. The van der Waals surface area contributed by atoms with Gasteiger partial charge < -0.3 is 5.32 Å². The summed E-state index contributed by atoms with van der Waals surface area (Å²) in [5.41, 5.74) is 2.14. The highest BCUT2D eigenvalue weighted by atomic mass is 16.1. The van der Waals surface area contributed by atoms with Crippen molar-refractivity contribution in [1.82, 2.24) is 14.7 Å². The van der Waals surface area contributed by atoms with E-state index in [1.807, 2.05) is 36.4 Å². The Balaban J connectivity index is 1.76. The van der Waals surface area contributed by atoms with E-state index in [1.54, 1.807) is 36.5 Å². The second-order valence-corrected chi connectivity index (χ2v) is 5.72. The molecule has 0 spiro atoms. The number of fused-ring (bicyclic) bond motifs is 2. The Morgan fingerprint density at radius 1 is 0.960 bits per heavy atom. The molecule has 5 nitrogen and oxygen atoms in total. The van der Waals surface area contributed by atoms with Crippen LogP contribution in [0.3, 0.4) is 0 Å². The normalized spacial score (nSPS) is 10.9. The molecular formula is C20H15N3O2. The van der Waals surface area contributed by atoms with E-state index in [-0.39, 0.29) is 11.5 Å². The zero-order chi connectivity index (χ0) is 17.2. The lowest BCUT2D eigenvalue weighted by Gasteiger charge is -2.09. The van der Waals surface area contributed by atoms with Crippen LogP contribution in [0.5, 0.6) is 0 Å². The van der Waals surface area contributed by atoms with Gasteiger partial charge in [0.1, 0.15) is 0 Å². The molecule has 5 heteroatoms. The van der Waals surface area contributed by atoms with Gasteiger partial charge in [-0.2, -0.15) is 0 Å². The summed E-state index contributed by atoms with van der Waals surface area (Å²) in [6.45, 7) is 0.415. The number of para-hydroxylation sites is 1. The summed E-state index contributed by atoms with van der Waals surface area (Å²) in [5.74, 6) is -0.260. The summed E-state index contributed by atoms with van der Waals surface area (Å²) >= 11 is 0. The maximum atomic E-state index is 12.6. The van der Waals surface area contributed by atoms with Crippen molar-refractivity contribution in [2.75, 3.05) is 0 Å². The van der Waals surface area contributed by atoms with Gasteiger partial charge in [0.15, 0.2) is 5.65 Å². The molecule has 0 fully saturated rings. The molecule has 0 aliphatic carbocycles. The summed E-state index contributed by atoms with van der Waals surface area (Å²) in [6.07, 6.45) is 1.63. The lowest BCUT2D eigenvalue weighted by Crippen LogP contribution is -2.25. The largest absolute Gasteiger partial charge is 0.348 e. The lowest BCUT2D eigenvalue weighted by molar-refractivity contribution is 0.0952. The second kappa shape index (κ2) is 6.20. The van der Waals surface area contributed by atoms with Crippen molar-refractivity contribution in [2.24, 2.45) is 0 Å². The van der Waals surface area contributed by atoms with Gasteiger partial charge in [0.25, 0.3) is 11.5 Å². The Morgan fingerprint density at radius 3 is 2.56 bits per heavy atom. The number of amides is 1. The Kier molecular flexibility index (Phi) is 3.74. The summed E-state index contributed by atoms with van der Waals surface area (Å²) in [5, 5.41) is 3.41. The van der Waals surface area contributed by atoms with E-state index < -0.39 is 0 Å². The highest BCUT2D eigenvalue weighted by Crippen LogP contribution is 2.12. The number of pyridine rings is 1. The van der Waals surface area contributed by atoms with E-state index in [9.17, 15) is 9.59 Å². The SMILES string of the molecule is O=C(NCc1ccccc1)c1cccn2c(=O)c3ccccc3nc12. The molecule has 0 aliphatic heterocycles. The number of rotatable bonds is 3.